The van der Waals surface area contributed by atoms with Crippen LogP contribution >= 0.6 is 0 Å². The zero-order valence-electron chi connectivity index (χ0n) is 13.5. The van der Waals surface area contributed by atoms with Gasteiger partial charge in [-0.05, 0) is 32.6 Å². The van der Waals surface area contributed by atoms with Gasteiger partial charge in [0.1, 0.15) is 0 Å². The highest BCUT2D eigenvalue weighted by Crippen LogP contribution is 2.24. The molecule has 0 aromatic carbocycles. The van der Waals surface area contributed by atoms with E-state index in [4.69, 9.17) is 5.73 Å². The van der Waals surface area contributed by atoms with Gasteiger partial charge in [0.25, 0.3) is 0 Å². The van der Waals surface area contributed by atoms with E-state index in [1.54, 1.807) is 0 Å². The van der Waals surface area contributed by atoms with Crippen LogP contribution in [0.4, 0.5) is 0 Å². The molecule has 0 aliphatic heterocycles. The van der Waals surface area contributed by atoms with Crippen LogP contribution in [0.2, 0.25) is 0 Å². The zero-order chi connectivity index (χ0) is 15.0. The third-order valence-electron chi connectivity index (χ3n) is 4.64. The summed E-state index contributed by atoms with van der Waals surface area (Å²) in [6, 6.07) is 0.771. The summed E-state index contributed by atoms with van der Waals surface area (Å²) in [4.78, 5) is 14.8. The molecule has 1 atom stereocenters. The fraction of sp³-hybridized carbons (Fsp3) is 0.938. The van der Waals surface area contributed by atoms with E-state index in [0.717, 1.165) is 19.4 Å². The van der Waals surface area contributed by atoms with Crippen molar-refractivity contribution in [3.8, 4) is 0 Å². The smallest absolute Gasteiger partial charge is 0.237 e. The lowest BCUT2D eigenvalue weighted by Crippen LogP contribution is -2.53. The molecule has 1 fully saturated rings. The van der Waals surface area contributed by atoms with Gasteiger partial charge in [0.2, 0.25) is 5.91 Å². The second kappa shape index (κ2) is 9.35. The molecule has 20 heavy (non-hydrogen) atoms. The Morgan fingerprint density at radius 2 is 1.85 bits per heavy atom. The highest BCUT2D eigenvalue weighted by atomic mass is 16.2. The second-order valence-electron chi connectivity index (χ2n) is 6.02. The normalized spacial score (nSPS) is 18.5. The lowest BCUT2D eigenvalue weighted by molar-refractivity contribution is -0.127. The Morgan fingerprint density at radius 3 is 2.35 bits per heavy atom. The average Bonchev–Trinajstić information content (AvgIpc) is 2.50. The Hall–Kier alpha value is -0.610. The summed E-state index contributed by atoms with van der Waals surface area (Å²) in [5, 5.41) is 3.17. The van der Waals surface area contributed by atoms with Crippen molar-refractivity contribution in [3.05, 3.63) is 0 Å². The maximum Gasteiger partial charge on any atom is 0.237 e. The largest absolute Gasteiger partial charge is 0.352 e. The molecule has 1 amide bonds. The third kappa shape index (κ3) is 5.06. The van der Waals surface area contributed by atoms with Crippen LogP contribution < -0.4 is 11.1 Å². The van der Waals surface area contributed by atoms with Gasteiger partial charge in [-0.2, -0.15) is 0 Å². The van der Waals surface area contributed by atoms with Gasteiger partial charge < -0.3 is 11.1 Å². The highest BCUT2D eigenvalue weighted by molar-refractivity contribution is 5.81. The Bertz CT molecular complexity index is 273. The molecule has 1 rings (SSSR count). The van der Waals surface area contributed by atoms with Crippen molar-refractivity contribution in [3.63, 3.8) is 0 Å². The Balaban J connectivity index is 2.61. The van der Waals surface area contributed by atoms with Gasteiger partial charge in [0, 0.05) is 25.2 Å². The number of carbonyl (C=O) groups excluding carboxylic acids is 1. The Morgan fingerprint density at radius 1 is 1.25 bits per heavy atom. The maximum absolute atomic E-state index is 12.4. The molecule has 1 aliphatic carbocycles. The van der Waals surface area contributed by atoms with Crippen LogP contribution in [0, 0.1) is 0 Å². The molecular formula is C16H33N3O. The molecule has 0 saturated heterocycles. The highest BCUT2D eigenvalue weighted by Gasteiger charge is 2.29. The van der Waals surface area contributed by atoms with Crippen molar-refractivity contribution in [2.75, 3.05) is 13.1 Å². The van der Waals surface area contributed by atoms with Crippen molar-refractivity contribution in [2.45, 2.75) is 83.8 Å². The molecule has 0 heterocycles. The van der Waals surface area contributed by atoms with E-state index in [1.165, 1.54) is 32.1 Å². The quantitative estimate of drug-likeness (QED) is 0.718. The van der Waals surface area contributed by atoms with E-state index in [-0.39, 0.29) is 11.9 Å². The molecule has 4 nitrogen and oxygen atoms in total. The number of amides is 1. The minimum absolute atomic E-state index is 0.0674. The summed E-state index contributed by atoms with van der Waals surface area (Å²) in [7, 11) is 0. The van der Waals surface area contributed by atoms with Crippen LogP contribution in [-0.4, -0.2) is 42.0 Å². The van der Waals surface area contributed by atoms with Gasteiger partial charge in [-0.25, -0.2) is 0 Å². The van der Waals surface area contributed by atoms with E-state index in [9.17, 15) is 4.79 Å². The Kier molecular flexibility index (Phi) is 8.15. The molecule has 1 unspecified atom stereocenters. The molecule has 4 heteroatoms. The molecule has 0 bridgehead atoms. The number of nitrogens with one attached hydrogen (secondary N) is 1. The molecule has 3 N–H and O–H groups in total. The molecule has 0 aromatic heterocycles. The summed E-state index contributed by atoms with van der Waals surface area (Å²) in [6.07, 6.45) is 8.32. The van der Waals surface area contributed by atoms with Crippen LogP contribution in [0.25, 0.3) is 0 Å². The van der Waals surface area contributed by atoms with Gasteiger partial charge in [-0.3, -0.25) is 9.69 Å². The van der Waals surface area contributed by atoms with Crippen molar-refractivity contribution in [1.29, 1.82) is 0 Å². The van der Waals surface area contributed by atoms with Crippen LogP contribution in [0.15, 0.2) is 0 Å². The lowest BCUT2D eigenvalue weighted by Gasteiger charge is -2.38. The summed E-state index contributed by atoms with van der Waals surface area (Å²) < 4.78 is 0. The van der Waals surface area contributed by atoms with Crippen LogP contribution in [-0.2, 0) is 4.79 Å². The molecule has 118 valence electrons. The van der Waals surface area contributed by atoms with E-state index in [2.05, 4.69) is 24.1 Å². The molecule has 0 aromatic rings. The minimum atomic E-state index is -0.0674. The topological polar surface area (TPSA) is 58.4 Å². The first kappa shape index (κ1) is 17.4. The number of hydrogen-bond donors (Lipinski definition) is 2. The molecule has 1 saturated carbocycles. The predicted molar refractivity (Wildman–Crippen MR) is 84.6 cm³/mol. The van der Waals surface area contributed by atoms with Crippen LogP contribution in [0.3, 0.4) is 0 Å². The number of nitrogens with zero attached hydrogens (tertiary/aromatic N) is 1. The van der Waals surface area contributed by atoms with Crippen molar-refractivity contribution in [2.24, 2.45) is 5.73 Å². The summed E-state index contributed by atoms with van der Waals surface area (Å²) in [5.41, 5.74) is 5.75. The van der Waals surface area contributed by atoms with Crippen molar-refractivity contribution >= 4 is 5.91 Å². The van der Waals surface area contributed by atoms with Crippen LogP contribution in [0.5, 0.6) is 0 Å². The summed E-state index contributed by atoms with van der Waals surface area (Å²) >= 11 is 0. The standard InChI is InChI=1S/C16H33N3O/c1-4-14(5-2)18-16(20)13(3)19(12-11-17)15-9-7-6-8-10-15/h13-15H,4-12,17H2,1-3H3,(H,18,20). The minimum Gasteiger partial charge on any atom is -0.352 e. The van der Waals surface area contributed by atoms with Gasteiger partial charge in [-0.15, -0.1) is 0 Å². The number of nitrogens with two attached hydrogens (primary N) is 1. The molecule has 0 spiro atoms. The monoisotopic (exact) mass is 283 g/mol. The van der Waals surface area contributed by atoms with Crippen LogP contribution in [0.1, 0.15) is 65.7 Å². The number of carbonyl (C=O) groups is 1. The first-order valence-corrected chi connectivity index (χ1v) is 8.40. The fourth-order valence-electron chi connectivity index (χ4n) is 3.22. The van der Waals surface area contributed by atoms with E-state index in [0.29, 0.717) is 18.6 Å². The van der Waals surface area contributed by atoms with Crippen molar-refractivity contribution in [1.82, 2.24) is 10.2 Å². The first-order valence-electron chi connectivity index (χ1n) is 8.40. The van der Waals surface area contributed by atoms with E-state index >= 15 is 0 Å². The maximum atomic E-state index is 12.4. The van der Waals surface area contributed by atoms with Gasteiger partial charge in [-0.1, -0.05) is 33.1 Å². The van der Waals surface area contributed by atoms with Gasteiger partial charge in [0.15, 0.2) is 0 Å². The van der Waals surface area contributed by atoms with Crippen molar-refractivity contribution < 1.29 is 4.79 Å². The summed E-state index contributed by atoms with van der Waals surface area (Å²) in [5.74, 6) is 0.165. The lowest BCUT2D eigenvalue weighted by atomic mass is 9.93. The first-order chi connectivity index (χ1) is 9.63. The predicted octanol–water partition coefficient (Wildman–Crippen LogP) is 2.27. The SMILES string of the molecule is CCC(CC)NC(=O)C(C)N(CCN)C1CCCCC1. The van der Waals surface area contributed by atoms with Gasteiger partial charge in [0.05, 0.1) is 6.04 Å². The average molecular weight is 283 g/mol. The number of hydrogen-bond acceptors (Lipinski definition) is 3. The second-order valence-corrected chi connectivity index (χ2v) is 6.02. The zero-order valence-corrected chi connectivity index (χ0v) is 13.5. The molecular weight excluding hydrogens is 250 g/mol. The molecule has 0 radical (unpaired) electrons. The van der Waals surface area contributed by atoms with E-state index in [1.807, 2.05) is 6.92 Å². The van der Waals surface area contributed by atoms with E-state index < -0.39 is 0 Å². The third-order valence-corrected chi connectivity index (χ3v) is 4.64. The Labute approximate surface area is 124 Å². The fourth-order valence-corrected chi connectivity index (χ4v) is 3.22. The number of rotatable bonds is 8. The molecule has 1 aliphatic rings. The van der Waals surface area contributed by atoms with Gasteiger partial charge >= 0.3 is 0 Å². The summed E-state index contributed by atoms with van der Waals surface area (Å²) in [6.45, 7) is 7.72.